The molecule has 0 aromatic heterocycles. The summed E-state index contributed by atoms with van der Waals surface area (Å²) in [5.41, 5.74) is 0.517. The number of benzene rings is 1. The molecular weight excluding hydrogens is 289 g/mol. The summed E-state index contributed by atoms with van der Waals surface area (Å²) in [5.74, 6) is 1.59. The molecule has 1 atom stereocenters. The average molecular weight is 309 g/mol. The van der Waals surface area contributed by atoms with E-state index in [1.807, 2.05) is 11.8 Å². The third-order valence-electron chi connectivity index (χ3n) is 3.54. The lowest BCUT2D eigenvalue weighted by atomic mass is 9.96. The van der Waals surface area contributed by atoms with Crippen LogP contribution in [0.15, 0.2) is 35.9 Å². The number of hydrogen-bond acceptors (Lipinski definition) is 3. The summed E-state index contributed by atoms with van der Waals surface area (Å²) in [6.07, 6.45) is 3.54. The number of nitrogens with one attached hydrogen (secondary N) is 1. The van der Waals surface area contributed by atoms with E-state index in [-0.39, 0.29) is 18.3 Å². The number of rotatable bonds is 4. The Balaban J connectivity index is 1.91. The summed E-state index contributed by atoms with van der Waals surface area (Å²) < 4.78 is 12.9. The predicted octanol–water partition coefficient (Wildman–Crippen LogP) is 2.60. The van der Waals surface area contributed by atoms with Crippen LogP contribution in [0.5, 0.6) is 0 Å². The van der Waals surface area contributed by atoms with Gasteiger partial charge in [0.25, 0.3) is 0 Å². The molecule has 0 spiro atoms. The topological polar surface area (TPSA) is 49.3 Å². The van der Waals surface area contributed by atoms with Gasteiger partial charge in [0.2, 0.25) is 5.91 Å². The molecule has 114 valence electrons. The van der Waals surface area contributed by atoms with E-state index in [1.165, 1.54) is 24.3 Å². The summed E-state index contributed by atoms with van der Waals surface area (Å²) in [7, 11) is 0. The molecule has 0 radical (unpaired) electrons. The number of aliphatic hydroxyl groups is 1. The average Bonchev–Trinajstić information content (AvgIpc) is 2.47. The van der Waals surface area contributed by atoms with E-state index in [2.05, 4.69) is 5.32 Å². The fraction of sp³-hybridized carbons (Fsp3) is 0.438. The Bertz CT molecular complexity index is 518. The summed E-state index contributed by atoms with van der Waals surface area (Å²) in [6.45, 7) is 1.70. The summed E-state index contributed by atoms with van der Waals surface area (Å²) in [4.78, 5) is 11.9. The highest BCUT2D eigenvalue weighted by molar-refractivity contribution is 7.99. The van der Waals surface area contributed by atoms with Crippen molar-refractivity contribution in [2.24, 2.45) is 0 Å². The summed E-state index contributed by atoms with van der Waals surface area (Å²) in [5, 5.41) is 13.1. The molecule has 1 unspecified atom stereocenters. The van der Waals surface area contributed by atoms with Crippen molar-refractivity contribution in [3.63, 3.8) is 0 Å². The molecule has 1 aliphatic heterocycles. The first kappa shape index (κ1) is 16.0. The fourth-order valence-corrected chi connectivity index (χ4v) is 3.20. The first-order valence-electron chi connectivity index (χ1n) is 7.01. The van der Waals surface area contributed by atoms with Crippen molar-refractivity contribution in [3.05, 3.63) is 47.3 Å². The second kappa shape index (κ2) is 7.09. The third-order valence-corrected chi connectivity index (χ3v) is 4.53. The van der Waals surface area contributed by atoms with Crippen LogP contribution in [0.25, 0.3) is 0 Å². The van der Waals surface area contributed by atoms with Gasteiger partial charge in [0.1, 0.15) is 11.4 Å². The SMILES string of the molecule is CC(O)(CNC(=O)C=C1CCSCC1)c1ccc(F)cc1. The Morgan fingerprint density at radius 1 is 1.38 bits per heavy atom. The molecule has 1 aromatic carbocycles. The Kier molecular flexibility index (Phi) is 5.42. The molecule has 21 heavy (non-hydrogen) atoms. The maximum Gasteiger partial charge on any atom is 0.244 e. The minimum Gasteiger partial charge on any atom is -0.384 e. The molecule has 1 saturated heterocycles. The highest BCUT2D eigenvalue weighted by atomic mass is 32.2. The number of allylic oxidation sites excluding steroid dienone is 1. The van der Waals surface area contributed by atoms with Gasteiger partial charge in [0.05, 0.1) is 6.54 Å². The van der Waals surface area contributed by atoms with E-state index in [0.717, 1.165) is 29.9 Å². The number of hydrogen-bond donors (Lipinski definition) is 2. The van der Waals surface area contributed by atoms with Crippen LogP contribution in [-0.2, 0) is 10.4 Å². The number of thioether (sulfide) groups is 1. The standard InChI is InChI=1S/C16H20FNO2S/c1-16(20,13-2-4-14(17)5-3-13)11-18-15(19)10-12-6-8-21-9-7-12/h2-5,10,20H,6-9,11H2,1H3,(H,18,19). The fourth-order valence-electron chi connectivity index (χ4n) is 2.18. The minimum atomic E-state index is -1.22. The molecule has 0 bridgehead atoms. The van der Waals surface area contributed by atoms with Gasteiger partial charge in [-0.1, -0.05) is 17.7 Å². The van der Waals surface area contributed by atoms with Crippen LogP contribution in [0.1, 0.15) is 25.3 Å². The van der Waals surface area contributed by atoms with E-state index < -0.39 is 5.60 Å². The lowest BCUT2D eigenvalue weighted by Gasteiger charge is -2.24. The molecule has 1 amide bonds. The molecule has 1 aromatic rings. The molecule has 0 aliphatic carbocycles. The predicted molar refractivity (Wildman–Crippen MR) is 83.6 cm³/mol. The minimum absolute atomic E-state index is 0.0932. The lowest BCUT2D eigenvalue weighted by Crippen LogP contribution is -2.38. The van der Waals surface area contributed by atoms with E-state index in [0.29, 0.717) is 5.56 Å². The van der Waals surface area contributed by atoms with E-state index in [1.54, 1.807) is 13.0 Å². The van der Waals surface area contributed by atoms with Crippen LogP contribution in [0, 0.1) is 5.82 Å². The zero-order valence-corrected chi connectivity index (χ0v) is 12.9. The number of halogens is 1. The van der Waals surface area contributed by atoms with E-state index in [9.17, 15) is 14.3 Å². The van der Waals surface area contributed by atoms with Crippen LogP contribution in [0.4, 0.5) is 4.39 Å². The molecule has 2 rings (SSSR count). The van der Waals surface area contributed by atoms with Gasteiger partial charge in [0.15, 0.2) is 0 Å². The molecule has 1 fully saturated rings. The van der Waals surface area contributed by atoms with Crippen molar-refractivity contribution in [1.29, 1.82) is 0 Å². The molecule has 1 heterocycles. The van der Waals surface area contributed by atoms with Gasteiger partial charge in [-0.05, 0) is 49.0 Å². The van der Waals surface area contributed by atoms with Gasteiger partial charge < -0.3 is 10.4 Å². The second-order valence-corrected chi connectivity index (χ2v) is 6.64. The molecule has 0 saturated carbocycles. The van der Waals surface area contributed by atoms with Crippen molar-refractivity contribution in [2.45, 2.75) is 25.4 Å². The summed E-state index contributed by atoms with van der Waals surface area (Å²) >= 11 is 1.90. The van der Waals surface area contributed by atoms with Crippen LogP contribution >= 0.6 is 11.8 Å². The van der Waals surface area contributed by atoms with E-state index >= 15 is 0 Å². The summed E-state index contributed by atoms with van der Waals surface area (Å²) in [6, 6.07) is 5.65. The van der Waals surface area contributed by atoms with Crippen LogP contribution in [0.2, 0.25) is 0 Å². The van der Waals surface area contributed by atoms with Crippen LogP contribution in [0.3, 0.4) is 0 Å². The molecular formula is C16H20FNO2S. The number of carbonyl (C=O) groups is 1. The number of carbonyl (C=O) groups excluding carboxylic acids is 1. The third kappa shape index (κ3) is 4.86. The second-order valence-electron chi connectivity index (χ2n) is 5.41. The Morgan fingerprint density at radius 2 is 2.00 bits per heavy atom. The molecule has 1 aliphatic rings. The van der Waals surface area contributed by atoms with Gasteiger partial charge in [-0.2, -0.15) is 11.8 Å². The zero-order valence-electron chi connectivity index (χ0n) is 12.1. The van der Waals surface area contributed by atoms with Gasteiger partial charge in [-0.3, -0.25) is 4.79 Å². The van der Waals surface area contributed by atoms with Gasteiger partial charge >= 0.3 is 0 Å². The smallest absolute Gasteiger partial charge is 0.244 e. The molecule has 2 N–H and O–H groups in total. The van der Waals surface area contributed by atoms with Gasteiger partial charge in [-0.25, -0.2) is 4.39 Å². The quantitative estimate of drug-likeness (QED) is 0.841. The van der Waals surface area contributed by atoms with Crippen molar-refractivity contribution in [3.8, 4) is 0 Å². The van der Waals surface area contributed by atoms with Crippen molar-refractivity contribution in [1.82, 2.24) is 5.32 Å². The van der Waals surface area contributed by atoms with Crippen LogP contribution in [-0.4, -0.2) is 29.1 Å². The first-order chi connectivity index (χ1) is 9.97. The Hall–Kier alpha value is -1.33. The molecule has 5 heteroatoms. The lowest BCUT2D eigenvalue weighted by molar-refractivity contribution is -0.117. The van der Waals surface area contributed by atoms with Crippen molar-refractivity contribution >= 4 is 17.7 Å². The first-order valence-corrected chi connectivity index (χ1v) is 8.16. The van der Waals surface area contributed by atoms with Crippen molar-refractivity contribution in [2.75, 3.05) is 18.1 Å². The largest absolute Gasteiger partial charge is 0.384 e. The van der Waals surface area contributed by atoms with Gasteiger partial charge in [0, 0.05) is 6.08 Å². The van der Waals surface area contributed by atoms with Crippen molar-refractivity contribution < 1.29 is 14.3 Å². The highest BCUT2D eigenvalue weighted by Crippen LogP contribution is 2.22. The van der Waals surface area contributed by atoms with Gasteiger partial charge in [-0.15, -0.1) is 0 Å². The maximum absolute atomic E-state index is 12.9. The Morgan fingerprint density at radius 3 is 2.62 bits per heavy atom. The highest BCUT2D eigenvalue weighted by Gasteiger charge is 2.23. The van der Waals surface area contributed by atoms with Crippen LogP contribution < -0.4 is 5.32 Å². The zero-order chi connectivity index (χ0) is 15.3. The van der Waals surface area contributed by atoms with E-state index in [4.69, 9.17) is 0 Å². The monoisotopic (exact) mass is 309 g/mol. The molecule has 3 nitrogen and oxygen atoms in total. The Labute approximate surface area is 128 Å². The number of amides is 1. The normalized spacial score (nSPS) is 18.0. The maximum atomic E-state index is 12.9.